The highest BCUT2D eigenvalue weighted by molar-refractivity contribution is 7.26. The van der Waals surface area contributed by atoms with Gasteiger partial charge < -0.3 is 0 Å². The number of halogens is 1. The maximum atomic E-state index is 6.22. The van der Waals surface area contributed by atoms with Crippen molar-refractivity contribution in [3.05, 3.63) is 60.2 Å². The van der Waals surface area contributed by atoms with Crippen molar-refractivity contribution in [3.63, 3.8) is 0 Å². The largest absolute Gasteiger partial charge is 0.135 e. The van der Waals surface area contributed by atoms with Crippen LogP contribution >= 0.6 is 22.9 Å². The van der Waals surface area contributed by atoms with E-state index in [4.69, 9.17) is 11.6 Å². The first kappa shape index (κ1) is 11.3. The minimum absolute atomic E-state index is 0.560. The summed E-state index contributed by atoms with van der Waals surface area (Å²) in [7, 11) is 0. The topological polar surface area (TPSA) is 0 Å². The first-order valence-electron chi connectivity index (χ1n) is 6.26. The molecule has 0 saturated heterocycles. The highest BCUT2D eigenvalue weighted by Gasteiger charge is 2.11. The fourth-order valence-corrected chi connectivity index (χ4v) is 4.34. The van der Waals surface area contributed by atoms with Gasteiger partial charge in [0.2, 0.25) is 0 Å². The van der Waals surface area contributed by atoms with Gasteiger partial charge in [-0.15, -0.1) is 22.9 Å². The number of alkyl halides is 1. The fraction of sp³-hybridized carbons (Fsp3) is 0.0588. The van der Waals surface area contributed by atoms with Gasteiger partial charge in [0.1, 0.15) is 0 Å². The summed E-state index contributed by atoms with van der Waals surface area (Å²) < 4.78 is 2.66. The normalized spacial score (nSPS) is 11.6. The minimum Gasteiger partial charge on any atom is -0.135 e. The Morgan fingerprint density at radius 1 is 0.842 bits per heavy atom. The smallest absolute Gasteiger partial charge is 0.0494 e. The molecule has 0 fully saturated rings. The van der Waals surface area contributed by atoms with Gasteiger partial charge >= 0.3 is 0 Å². The molecule has 1 aromatic heterocycles. The molecule has 4 rings (SSSR count). The van der Waals surface area contributed by atoms with Gasteiger partial charge in [-0.3, -0.25) is 0 Å². The van der Waals surface area contributed by atoms with E-state index in [1.807, 2.05) is 11.3 Å². The third kappa shape index (κ3) is 1.59. The lowest BCUT2D eigenvalue weighted by Gasteiger charge is -2.05. The molecule has 0 radical (unpaired) electrons. The molecule has 0 aliphatic heterocycles. The molecule has 0 N–H and O–H groups in total. The maximum absolute atomic E-state index is 6.22. The summed E-state index contributed by atoms with van der Waals surface area (Å²) in [5.41, 5.74) is 1.26. The molecule has 0 bridgehead atoms. The van der Waals surface area contributed by atoms with Crippen molar-refractivity contribution < 1.29 is 0 Å². The summed E-state index contributed by atoms with van der Waals surface area (Å²) in [5, 5.41) is 5.21. The molecule has 92 valence electrons. The minimum atomic E-state index is 0.560. The standard InChI is InChI=1S/C17H11ClS/c18-10-15-12-6-2-1-5-11(12)9-14-13-7-3-4-8-16(13)19-17(14)15/h1-9H,10H2. The molecule has 2 heteroatoms. The Labute approximate surface area is 120 Å². The van der Waals surface area contributed by atoms with Gasteiger partial charge in [-0.25, -0.2) is 0 Å². The fourth-order valence-electron chi connectivity index (χ4n) is 2.74. The van der Waals surface area contributed by atoms with Crippen LogP contribution in [0.25, 0.3) is 30.9 Å². The van der Waals surface area contributed by atoms with E-state index in [0.717, 1.165) is 0 Å². The van der Waals surface area contributed by atoms with Crippen LogP contribution in [0.5, 0.6) is 0 Å². The van der Waals surface area contributed by atoms with Gasteiger partial charge in [-0.2, -0.15) is 0 Å². The monoisotopic (exact) mass is 282 g/mol. The Morgan fingerprint density at radius 3 is 2.42 bits per heavy atom. The van der Waals surface area contributed by atoms with E-state index in [-0.39, 0.29) is 0 Å². The first-order chi connectivity index (χ1) is 9.38. The molecule has 0 spiro atoms. The molecule has 0 aliphatic rings. The molecule has 0 unspecified atom stereocenters. The van der Waals surface area contributed by atoms with Crippen molar-refractivity contribution in [1.82, 2.24) is 0 Å². The third-order valence-electron chi connectivity index (χ3n) is 3.63. The Morgan fingerprint density at radius 2 is 1.58 bits per heavy atom. The average Bonchev–Trinajstić information content (AvgIpc) is 2.83. The van der Waals surface area contributed by atoms with Crippen LogP contribution in [0.1, 0.15) is 5.56 Å². The molecule has 4 aromatic rings. The van der Waals surface area contributed by atoms with E-state index in [0.29, 0.717) is 5.88 Å². The Hall–Kier alpha value is -1.57. The van der Waals surface area contributed by atoms with Crippen LogP contribution in [0.4, 0.5) is 0 Å². The van der Waals surface area contributed by atoms with Gasteiger partial charge in [0, 0.05) is 26.1 Å². The molecule has 0 amide bonds. The zero-order valence-corrected chi connectivity index (χ0v) is 11.8. The summed E-state index contributed by atoms with van der Waals surface area (Å²) in [6.45, 7) is 0. The number of thiophene rings is 1. The van der Waals surface area contributed by atoms with Gasteiger partial charge in [-0.05, 0) is 28.5 Å². The summed E-state index contributed by atoms with van der Waals surface area (Å²) in [5.74, 6) is 0.560. The SMILES string of the molecule is ClCc1c2ccccc2cc2c1sc1ccccc12. The number of fused-ring (bicyclic) bond motifs is 4. The zero-order chi connectivity index (χ0) is 12.8. The summed E-state index contributed by atoms with van der Waals surface area (Å²) in [4.78, 5) is 0. The number of benzene rings is 3. The van der Waals surface area contributed by atoms with Gasteiger partial charge in [-0.1, -0.05) is 42.5 Å². The number of rotatable bonds is 1. The lowest BCUT2D eigenvalue weighted by Crippen LogP contribution is -1.82. The van der Waals surface area contributed by atoms with E-state index in [2.05, 4.69) is 54.6 Å². The Balaban J connectivity index is 2.31. The van der Waals surface area contributed by atoms with E-state index in [1.54, 1.807) is 0 Å². The molecule has 1 heterocycles. The molecule has 19 heavy (non-hydrogen) atoms. The van der Waals surface area contributed by atoms with Crippen LogP contribution in [0, 0.1) is 0 Å². The van der Waals surface area contributed by atoms with Crippen molar-refractivity contribution >= 4 is 53.9 Å². The second-order valence-electron chi connectivity index (χ2n) is 4.68. The zero-order valence-electron chi connectivity index (χ0n) is 10.2. The van der Waals surface area contributed by atoms with Crippen LogP contribution in [0.2, 0.25) is 0 Å². The molecule has 0 aliphatic carbocycles. The third-order valence-corrected chi connectivity index (χ3v) is 5.14. The summed E-state index contributed by atoms with van der Waals surface area (Å²) in [6.07, 6.45) is 0. The van der Waals surface area contributed by atoms with Crippen LogP contribution < -0.4 is 0 Å². The second-order valence-corrected chi connectivity index (χ2v) is 6.00. The van der Waals surface area contributed by atoms with Gasteiger partial charge in [0.15, 0.2) is 0 Å². The van der Waals surface area contributed by atoms with Crippen molar-refractivity contribution in [2.45, 2.75) is 5.88 Å². The molecule has 0 atom stereocenters. The Bertz CT molecular complexity index is 905. The van der Waals surface area contributed by atoms with Gasteiger partial charge in [0.25, 0.3) is 0 Å². The van der Waals surface area contributed by atoms with E-state index >= 15 is 0 Å². The molecular formula is C17H11ClS. The highest BCUT2D eigenvalue weighted by Crippen LogP contribution is 2.39. The predicted molar refractivity (Wildman–Crippen MR) is 86.4 cm³/mol. The van der Waals surface area contributed by atoms with Crippen molar-refractivity contribution in [3.8, 4) is 0 Å². The van der Waals surface area contributed by atoms with E-state index in [9.17, 15) is 0 Å². The highest BCUT2D eigenvalue weighted by atomic mass is 35.5. The maximum Gasteiger partial charge on any atom is 0.0494 e. The molecule has 3 aromatic carbocycles. The molecular weight excluding hydrogens is 272 g/mol. The van der Waals surface area contributed by atoms with Crippen molar-refractivity contribution in [2.75, 3.05) is 0 Å². The van der Waals surface area contributed by atoms with Crippen molar-refractivity contribution in [2.24, 2.45) is 0 Å². The number of hydrogen-bond donors (Lipinski definition) is 0. The van der Waals surface area contributed by atoms with E-state index in [1.165, 1.54) is 36.5 Å². The van der Waals surface area contributed by atoms with Crippen LogP contribution in [-0.2, 0) is 5.88 Å². The number of hydrogen-bond acceptors (Lipinski definition) is 1. The van der Waals surface area contributed by atoms with Crippen LogP contribution in [0.3, 0.4) is 0 Å². The predicted octanol–water partition coefficient (Wildman–Crippen LogP) is 5.95. The Kier molecular flexibility index (Phi) is 2.51. The molecule has 0 nitrogen and oxygen atoms in total. The quantitative estimate of drug-likeness (QED) is 0.379. The first-order valence-corrected chi connectivity index (χ1v) is 7.61. The van der Waals surface area contributed by atoms with Gasteiger partial charge in [0.05, 0.1) is 0 Å². The second kappa shape index (κ2) is 4.22. The molecule has 0 saturated carbocycles. The average molecular weight is 283 g/mol. The van der Waals surface area contributed by atoms with E-state index < -0.39 is 0 Å². The summed E-state index contributed by atoms with van der Waals surface area (Å²) in [6, 6.07) is 19.4. The lowest BCUT2D eigenvalue weighted by atomic mass is 10.0. The van der Waals surface area contributed by atoms with Crippen molar-refractivity contribution in [1.29, 1.82) is 0 Å². The van der Waals surface area contributed by atoms with Crippen LogP contribution in [-0.4, -0.2) is 0 Å². The summed E-state index contributed by atoms with van der Waals surface area (Å²) >= 11 is 8.06. The van der Waals surface area contributed by atoms with Crippen LogP contribution in [0.15, 0.2) is 54.6 Å². The lowest BCUT2D eigenvalue weighted by molar-refractivity contribution is 1.52.